The van der Waals surface area contributed by atoms with E-state index in [1.807, 2.05) is 48.7 Å². The van der Waals surface area contributed by atoms with Crippen molar-refractivity contribution >= 4 is 50.0 Å². The molecule has 234 valence electrons. The van der Waals surface area contributed by atoms with Crippen LogP contribution in [0.3, 0.4) is 0 Å². The minimum Gasteiger partial charge on any atom is -0.465 e. The number of hydrogen-bond donors (Lipinski definition) is 1. The Morgan fingerprint density at radius 1 is 0.978 bits per heavy atom. The highest BCUT2D eigenvalue weighted by molar-refractivity contribution is 7.90. The maximum absolute atomic E-state index is 12.9. The third kappa shape index (κ3) is 5.57. The highest BCUT2D eigenvalue weighted by atomic mass is 32.2. The van der Waals surface area contributed by atoms with Gasteiger partial charge in [0.25, 0.3) is 0 Å². The van der Waals surface area contributed by atoms with Crippen LogP contribution in [-0.4, -0.2) is 87.2 Å². The van der Waals surface area contributed by atoms with E-state index in [9.17, 15) is 23.1 Å². The van der Waals surface area contributed by atoms with E-state index in [0.717, 1.165) is 38.9 Å². The van der Waals surface area contributed by atoms with E-state index < -0.39 is 15.9 Å². The Labute approximate surface area is 260 Å². The van der Waals surface area contributed by atoms with Crippen LogP contribution < -0.4 is 9.80 Å². The molecule has 14 heteroatoms. The van der Waals surface area contributed by atoms with Crippen LogP contribution in [0.25, 0.3) is 27.7 Å². The smallest absolute Gasteiger partial charge is 0.413 e. The predicted octanol–water partition coefficient (Wildman–Crippen LogP) is 3.66. The topological polar surface area (TPSA) is 146 Å². The number of aromatic nitrogens is 5. The molecule has 13 nitrogen and oxygen atoms in total. The molecule has 1 fully saturated rings. The Kier molecular flexibility index (Phi) is 7.47. The quantitative estimate of drug-likeness (QED) is 0.297. The van der Waals surface area contributed by atoms with E-state index in [1.54, 1.807) is 30.0 Å². The molecule has 1 saturated heterocycles. The molecule has 6 rings (SSSR count). The molecule has 0 radical (unpaired) electrons. The number of carbonyl (C=O) groups is 2. The predicted molar refractivity (Wildman–Crippen MR) is 170 cm³/mol. The normalized spacial score (nSPS) is 14.0. The molecule has 0 unspecified atom stereocenters. The molecule has 1 aliphatic rings. The van der Waals surface area contributed by atoms with Crippen molar-refractivity contribution < 1.29 is 23.1 Å². The summed E-state index contributed by atoms with van der Waals surface area (Å²) < 4.78 is 27.8. The molecular weight excluding hydrogens is 596 g/mol. The number of hydrogen-bond acceptors (Lipinski definition) is 8. The summed E-state index contributed by atoms with van der Waals surface area (Å²) in [6, 6.07) is 14.0. The molecule has 2 amide bonds. The fraction of sp³-hybridized carbons (Fsp3) is 0.323. The van der Waals surface area contributed by atoms with Crippen LogP contribution >= 0.6 is 0 Å². The average Bonchev–Trinajstić information content (AvgIpc) is 3.48. The third-order valence-corrected chi connectivity index (χ3v) is 9.39. The first-order valence-corrected chi connectivity index (χ1v) is 16.3. The van der Waals surface area contributed by atoms with Crippen LogP contribution in [0.2, 0.25) is 0 Å². The summed E-state index contributed by atoms with van der Waals surface area (Å²) in [5.74, 6) is 0.810. The van der Waals surface area contributed by atoms with Gasteiger partial charge < -0.3 is 14.9 Å². The fourth-order valence-corrected chi connectivity index (χ4v) is 6.63. The summed E-state index contributed by atoms with van der Waals surface area (Å²) in [5.41, 5.74) is 5.11. The van der Waals surface area contributed by atoms with Gasteiger partial charge in [-0.3, -0.25) is 14.4 Å². The third-order valence-electron chi connectivity index (χ3n) is 8.28. The van der Waals surface area contributed by atoms with Crippen molar-refractivity contribution in [2.24, 2.45) is 7.05 Å². The van der Waals surface area contributed by atoms with Crippen LogP contribution in [0.1, 0.15) is 23.9 Å². The molecule has 0 bridgehead atoms. The van der Waals surface area contributed by atoms with Gasteiger partial charge in [-0.25, -0.2) is 18.2 Å². The molecule has 2 aromatic carbocycles. The minimum absolute atomic E-state index is 0.00150. The van der Waals surface area contributed by atoms with Gasteiger partial charge in [0.1, 0.15) is 11.6 Å². The number of nitrogens with zero attached hydrogens (tertiary/aromatic N) is 8. The van der Waals surface area contributed by atoms with Gasteiger partial charge >= 0.3 is 6.09 Å². The second-order valence-electron chi connectivity index (χ2n) is 11.4. The molecule has 0 spiro atoms. The monoisotopic (exact) mass is 630 g/mol. The standard InChI is InChI=1S/C31H34N8O5S/c1-19-25-10-9-23(16-26(25)35(4)33-19)29-20(2)34-39-28(17-27(32-30(29)39)37-13-11-36(12-14-37)21(3)40)38(31(41)42)18-22-7-6-8-24(15-22)45(5,43)44/h6-10,15-17H,11-14,18H2,1-5H3,(H,41,42). The molecule has 0 aliphatic carbocycles. The van der Waals surface area contributed by atoms with Crippen molar-refractivity contribution in [1.82, 2.24) is 29.3 Å². The van der Waals surface area contributed by atoms with Gasteiger partial charge in [0, 0.05) is 63.4 Å². The van der Waals surface area contributed by atoms with Crippen LogP contribution in [0, 0.1) is 13.8 Å². The van der Waals surface area contributed by atoms with E-state index in [1.165, 1.54) is 16.6 Å². The van der Waals surface area contributed by atoms with E-state index in [0.29, 0.717) is 48.9 Å². The van der Waals surface area contributed by atoms with Gasteiger partial charge in [-0.05, 0) is 43.2 Å². The number of aryl methyl sites for hydroxylation is 3. The Balaban J connectivity index is 1.53. The van der Waals surface area contributed by atoms with Crippen molar-refractivity contribution in [3.8, 4) is 11.1 Å². The zero-order valence-electron chi connectivity index (χ0n) is 25.7. The number of carboxylic acid groups (broad SMARTS) is 1. The summed E-state index contributed by atoms with van der Waals surface area (Å²) in [6.07, 6.45) is -0.120. The average molecular weight is 631 g/mol. The molecule has 3 aromatic heterocycles. The van der Waals surface area contributed by atoms with E-state index in [4.69, 9.17) is 10.1 Å². The summed E-state index contributed by atoms with van der Waals surface area (Å²) in [7, 11) is -1.61. The highest BCUT2D eigenvalue weighted by Crippen LogP contribution is 2.35. The van der Waals surface area contributed by atoms with Crippen molar-refractivity contribution in [1.29, 1.82) is 0 Å². The largest absolute Gasteiger partial charge is 0.465 e. The number of rotatable bonds is 6. The van der Waals surface area contributed by atoms with Gasteiger partial charge in [-0.15, -0.1) is 0 Å². The number of carbonyl (C=O) groups excluding carboxylic acids is 1. The zero-order valence-corrected chi connectivity index (χ0v) is 26.5. The molecule has 0 saturated carbocycles. The number of benzene rings is 2. The van der Waals surface area contributed by atoms with E-state index in [-0.39, 0.29) is 23.2 Å². The SMILES string of the molecule is CC(=O)N1CCN(c2cc(N(Cc3cccc(S(C)(=O)=O)c3)C(=O)O)n3nc(C)c(-c4ccc5c(C)nn(C)c5c4)c3n2)CC1. The van der Waals surface area contributed by atoms with Gasteiger partial charge in [0.05, 0.1) is 28.3 Å². The van der Waals surface area contributed by atoms with Gasteiger partial charge in [-0.1, -0.05) is 24.3 Å². The lowest BCUT2D eigenvalue weighted by atomic mass is 10.0. The second-order valence-corrected chi connectivity index (χ2v) is 13.4. The van der Waals surface area contributed by atoms with Crippen LogP contribution in [0.5, 0.6) is 0 Å². The van der Waals surface area contributed by atoms with Gasteiger partial charge in [-0.2, -0.15) is 14.7 Å². The number of anilines is 2. The van der Waals surface area contributed by atoms with Gasteiger partial charge in [0.2, 0.25) is 5.91 Å². The fourth-order valence-electron chi connectivity index (χ4n) is 5.94. The number of amides is 2. The molecule has 4 heterocycles. The van der Waals surface area contributed by atoms with E-state index in [2.05, 4.69) is 5.10 Å². The summed E-state index contributed by atoms with van der Waals surface area (Å²) >= 11 is 0. The van der Waals surface area contributed by atoms with Crippen molar-refractivity contribution in [3.63, 3.8) is 0 Å². The van der Waals surface area contributed by atoms with Gasteiger partial charge in [0.15, 0.2) is 15.5 Å². The molecular formula is C31H34N8O5S. The maximum atomic E-state index is 12.9. The Bertz CT molecular complexity index is 2090. The summed E-state index contributed by atoms with van der Waals surface area (Å²) in [6.45, 7) is 7.31. The number of piperazine rings is 1. The van der Waals surface area contributed by atoms with Crippen LogP contribution in [-0.2, 0) is 28.2 Å². The number of sulfone groups is 1. The molecule has 0 atom stereocenters. The second kappa shape index (κ2) is 11.2. The summed E-state index contributed by atoms with van der Waals surface area (Å²) in [5, 5.41) is 20.9. The molecule has 5 aromatic rings. The Morgan fingerprint density at radius 2 is 1.71 bits per heavy atom. The first-order chi connectivity index (χ1) is 21.3. The first-order valence-electron chi connectivity index (χ1n) is 14.5. The van der Waals surface area contributed by atoms with Crippen molar-refractivity contribution in [2.75, 3.05) is 42.2 Å². The highest BCUT2D eigenvalue weighted by Gasteiger charge is 2.27. The molecule has 1 aliphatic heterocycles. The molecule has 45 heavy (non-hydrogen) atoms. The summed E-state index contributed by atoms with van der Waals surface area (Å²) in [4.78, 5) is 34.9. The zero-order chi connectivity index (χ0) is 32.2. The van der Waals surface area contributed by atoms with Crippen molar-refractivity contribution in [2.45, 2.75) is 32.2 Å². The van der Waals surface area contributed by atoms with E-state index >= 15 is 0 Å². The lowest BCUT2D eigenvalue weighted by Gasteiger charge is -2.35. The van der Waals surface area contributed by atoms with Crippen LogP contribution in [0.15, 0.2) is 53.4 Å². The number of fused-ring (bicyclic) bond motifs is 2. The lowest BCUT2D eigenvalue weighted by Crippen LogP contribution is -2.48. The Morgan fingerprint density at radius 3 is 2.38 bits per heavy atom. The maximum Gasteiger partial charge on any atom is 0.413 e. The minimum atomic E-state index is -3.50. The first kappa shape index (κ1) is 30.1. The van der Waals surface area contributed by atoms with Crippen LogP contribution in [0.4, 0.5) is 16.4 Å². The van der Waals surface area contributed by atoms with Crippen molar-refractivity contribution in [3.05, 3.63) is 65.5 Å². The Hall–Kier alpha value is -4.98. The molecule has 1 N–H and O–H groups in total. The lowest BCUT2D eigenvalue weighted by molar-refractivity contribution is -0.129.